The van der Waals surface area contributed by atoms with Gasteiger partial charge in [-0.15, -0.1) is 0 Å². The first kappa shape index (κ1) is 27.8. The van der Waals surface area contributed by atoms with Crippen LogP contribution in [0.25, 0.3) is 10.9 Å². The molecule has 1 unspecified atom stereocenters. The number of ether oxygens (including phenoxy) is 1. The van der Waals surface area contributed by atoms with Crippen LogP contribution in [0.2, 0.25) is 0 Å². The molecule has 4 rings (SSSR count). The summed E-state index contributed by atoms with van der Waals surface area (Å²) in [6.07, 6.45) is 3.98. The van der Waals surface area contributed by atoms with Gasteiger partial charge in [0, 0.05) is 36.9 Å². The number of hydrogen-bond acceptors (Lipinski definition) is 6. The zero-order chi connectivity index (χ0) is 27.4. The molecule has 1 aromatic carbocycles. The van der Waals surface area contributed by atoms with Gasteiger partial charge < -0.3 is 14.2 Å². The summed E-state index contributed by atoms with van der Waals surface area (Å²) in [6.45, 7) is 11.7. The molecule has 8 nitrogen and oxygen atoms in total. The van der Waals surface area contributed by atoms with Crippen LogP contribution in [0.1, 0.15) is 58.3 Å². The summed E-state index contributed by atoms with van der Waals surface area (Å²) in [4.78, 5) is 29.6. The Labute approximate surface area is 229 Å². The summed E-state index contributed by atoms with van der Waals surface area (Å²) >= 11 is 1.38. The van der Waals surface area contributed by atoms with Gasteiger partial charge in [-0.25, -0.2) is 14.1 Å². The number of nitrogens with zero attached hydrogens (tertiary/aromatic N) is 4. The molecule has 3 aromatic rings. The summed E-state index contributed by atoms with van der Waals surface area (Å²) < 4.78 is 12.6. The maximum absolute atomic E-state index is 13.7. The molecule has 1 fully saturated rings. The second-order valence-electron chi connectivity index (χ2n) is 11.0. The second-order valence-corrected chi connectivity index (χ2v) is 11.9. The van der Waals surface area contributed by atoms with Gasteiger partial charge in [0.25, 0.3) is 0 Å². The molecule has 1 saturated heterocycles. The number of nitrogens with one attached hydrogen (secondary N) is 1. The van der Waals surface area contributed by atoms with E-state index in [1.54, 1.807) is 10.6 Å². The van der Waals surface area contributed by atoms with Crippen LogP contribution in [-0.2, 0) is 16.1 Å². The van der Waals surface area contributed by atoms with Gasteiger partial charge in [-0.3, -0.25) is 4.79 Å². The van der Waals surface area contributed by atoms with Crippen molar-refractivity contribution in [3.8, 4) is 6.07 Å². The molecule has 1 aliphatic rings. The molecule has 9 heteroatoms. The largest absolute Gasteiger partial charge is 0.443 e. The van der Waals surface area contributed by atoms with E-state index >= 15 is 0 Å². The standard InChI is InChI=1S/C29H37N5O3S/c1-20-12-16-33(17-13-20)27(35)24(14-18-32-15-8-9-22(32)19-30)31-38-26-21(2)34(28(36)37-29(3,4)5)25-11-7-6-10-23(25)26/h6-11,15,20,24,31H,12-14,16-18H2,1-5H3. The number of likely N-dealkylation sites (tertiary alicyclic amines) is 1. The van der Waals surface area contributed by atoms with Crippen molar-refractivity contribution in [1.29, 1.82) is 5.26 Å². The number of benzene rings is 1. The number of piperidine rings is 1. The Hall–Kier alpha value is -3.22. The smallest absolute Gasteiger partial charge is 0.419 e. The fraction of sp³-hybridized carbons (Fsp3) is 0.483. The third-order valence-corrected chi connectivity index (χ3v) is 8.05. The number of fused-ring (bicyclic) bond motifs is 1. The Balaban J connectivity index is 1.59. The van der Waals surface area contributed by atoms with Crippen LogP contribution >= 0.6 is 11.9 Å². The van der Waals surface area contributed by atoms with Gasteiger partial charge in [0.2, 0.25) is 5.91 Å². The fourth-order valence-corrected chi connectivity index (χ4v) is 5.80. The molecule has 38 heavy (non-hydrogen) atoms. The molecule has 0 saturated carbocycles. The first-order valence-electron chi connectivity index (χ1n) is 13.2. The average Bonchev–Trinajstić information content (AvgIpc) is 3.44. The molecule has 1 atom stereocenters. The Bertz CT molecular complexity index is 1340. The van der Waals surface area contributed by atoms with Gasteiger partial charge in [-0.05, 0) is 83.0 Å². The monoisotopic (exact) mass is 535 g/mol. The van der Waals surface area contributed by atoms with Gasteiger partial charge in [-0.2, -0.15) is 5.26 Å². The molecule has 2 aromatic heterocycles. The van der Waals surface area contributed by atoms with E-state index in [0.717, 1.165) is 47.4 Å². The van der Waals surface area contributed by atoms with Crippen molar-refractivity contribution in [3.05, 3.63) is 54.0 Å². The van der Waals surface area contributed by atoms with Crippen molar-refractivity contribution in [2.75, 3.05) is 13.1 Å². The number of carbonyl (C=O) groups excluding carboxylic acids is 2. The first-order valence-corrected chi connectivity index (χ1v) is 14.0. The lowest BCUT2D eigenvalue weighted by Crippen LogP contribution is -2.47. The molecular formula is C29H37N5O3S. The van der Waals surface area contributed by atoms with E-state index in [1.165, 1.54) is 11.9 Å². The van der Waals surface area contributed by atoms with Crippen LogP contribution in [0.5, 0.6) is 0 Å². The minimum absolute atomic E-state index is 0.0728. The molecule has 0 spiro atoms. The number of amides is 1. The fourth-order valence-electron chi connectivity index (χ4n) is 4.80. The highest BCUT2D eigenvalue weighted by Gasteiger charge is 2.29. The topological polar surface area (TPSA) is 92.3 Å². The van der Waals surface area contributed by atoms with E-state index in [4.69, 9.17) is 4.74 Å². The van der Waals surface area contributed by atoms with E-state index < -0.39 is 17.7 Å². The van der Waals surface area contributed by atoms with E-state index in [2.05, 4.69) is 17.7 Å². The zero-order valence-electron chi connectivity index (χ0n) is 22.9. The van der Waals surface area contributed by atoms with E-state index in [1.807, 2.05) is 73.7 Å². The molecule has 202 valence electrons. The predicted octanol–water partition coefficient (Wildman–Crippen LogP) is 5.72. The minimum Gasteiger partial charge on any atom is -0.443 e. The number of aromatic nitrogens is 2. The lowest BCUT2D eigenvalue weighted by Gasteiger charge is -2.33. The summed E-state index contributed by atoms with van der Waals surface area (Å²) in [7, 11) is 0. The normalized spacial score (nSPS) is 15.4. The van der Waals surface area contributed by atoms with Crippen LogP contribution in [0.3, 0.4) is 0 Å². The van der Waals surface area contributed by atoms with Crippen LogP contribution in [-0.4, -0.2) is 50.8 Å². The molecule has 0 radical (unpaired) electrons. The van der Waals surface area contributed by atoms with E-state index in [-0.39, 0.29) is 5.91 Å². The molecule has 1 amide bonds. The number of carbonyl (C=O) groups is 2. The molecule has 1 N–H and O–H groups in total. The van der Waals surface area contributed by atoms with Gasteiger partial charge in [0.15, 0.2) is 0 Å². The van der Waals surface area contributed by atoms with Crippen LogP contribution in [0, 0.1) is 24.2 Å². The van der Waals surface area contributed by atoms with Gasteiger partial charge in [-0.1, -0.05) is 25.1 Å². The SMILES string of the molecule is Cc1c(SNC(CCn2cccc2C#N)C(=O)N2CCC(C)CC2)c2ccccc2n1C(=O)OC(C)(C)C. The van der Waals surface area contributed by atoms with Crippen molar-refractivity contribution < 1.29 is 14.3 Å². The molecule has 0 aliphatic carbocycles. The maximum atomic E-state index is 13.7. The summed E-state index contributed by atoms with van der Waals surface area (Å²) in [5.41, 5.74) is 1.48. The maximum Gasteiger partial charge on any atom is 0.419 e. The van der Waals surface area contributed by atoms with Crippen molar-refractivity contribution in [3.63, 3.8) is 0 Å². The third-order valence-electron chi connectivity index (χ3n) is 6.93. The number of rotatable bonds is 7. The Morgan fingerprint density at radius 1 is 1.18 bits per heavy atom. The average molecular weight is 536 g/mol. The highest BCUT2D eigenvalue weighted by molar-refractivity contribution is 7.97. The highest BCUT2D eigenvalue weighted by Crippen LogP contribution is 2.34. The van der Waals surface area contributed by atoms with Crippen molar-refractivity contribution >= 4 is 34.9 Å². The number of hydrogen-bond donors (Lipinski definition) is 1. The van der Waals surface area contributed by atoms with Gasteiger partial charge in [0.05, 0.1) is 16.5 Å². The predicted molar refractivity (Wildman–Crippen MR) is 150 cm³/mol. The number of para-hydroxylation sites is 1. The zero-order valence-corrected chi connectivity index (χ0v) is 23.7. The minimum atomic E-state index is -0.620. The number of nitriles is 1. The summed E-state index contributed by atoms with van der Waals surface area (Å²) in [5.74, 6) is 0.697. The lowest BCUT2D eigenvalue weighted by molar-refractivity contribution is -0.134. The molecule has 1 aliphatic heterocycles. The van der Waals surface area contributed by atoms with Crippen molar-refractivity contribution in [1.82, 2.24) is 18.8 Å². The van der Waals surface area contributed by atoms with Gasteiger partial charge in [0.1, 0.15) is 17.4 Å². The molecule has 3 heterocycles. The summed E-state index contributed by atoms with van der Waals surface area (Å²) in [6, 6.07) is 13.1. The lowest BCUT2D eigenvalue weighted by atomic mass is 9.98. The Morgan fingerprint density at radius 2 is 1.89 bits per heavy atom. The first-order chi connectivity index (χ1) is 18.1. The van der Waals surface area contributed by atoms with Crippen molar-refractivity contribution in [2.45, 2.75) is 77.0 Å². The van der Waals surface area contributed by atoms with E-state index in [0.29, 0.717) is 24.6 Å². The van der Waals surface area contributed by atoms with Crippen LogP contribution < -0.4 is 4.72 Å². The quantitative estimate of drug-likeness (QED) is 0.389. The Morgan fingerprint density at radius 3 is 2.58 bits per heavy atom. The number of aryl methyl sites for hydroxylation is 1. The van der Waals surface area contributed by atoms with Gasteiger partial charge >= 0.3 is 6.09 Å². The highest BCUT2D eigenvalue weighted by atomic mass is 32.2. The summed E-state index contributed by atoms with van der Waals surface area (Å²) in [5, 5.41) is 10.3. The van der Waals surface area contributed by atoms with Crippen molar-refractivity contribution in [2.24, 2.45) is 5.92 Å². The third kappa shape index (κ3) is 6.25. The second kappa shape index (κ2) is 11.7. The van der Waals surface area contributed by atoms with Crippen LogP contribution in [0.15, 0.2) is 47.5 Å². The molecular weight excluding hydrogens is 498 g/mol. The van der Waals surface area contributed by atoms with Crippen LogP contribution in [0.4, 0.5) is 4.79 Å². The Kier molecular flexibility index (Phi) is 8.54. The molecule has 0 bridgehead atoms. The van der Waals surface area contributed by atoms with E-state index in [9.17, 15) is 14.9 Å².